The van der Waals surface area contributed by atoms with Gasteiger partial charge in [0, 0.05) is 45.0 Å². The molecule has 77 heavy (non-hydrogen) atoms. The lowest BCUT2D eigenvalue weighted by atomic mass is 9.81. The molecule has 0 saturated carbocycles. The van der Waals surface area contributed by atoms with Crippen LogP contribution in [-0.2, 0) is 10.8 Å². The zero-order chi connectivity index (χ0) is 53.3. The normalized spacial score (nSPS) is 12.0. The van der Waals surface area contributed by atoms with E-state index in [9.17, 15) is 0 Å². The van der Waals surface area contributed by atoms with E-state index in [0.717, 1.165) is 94.8 Å². The highest BCUT2D eigenvalue weighted by Crippen LogP contribution is 2.55. The highest BCUT2D eigenvalue weighted by molar-refractivity contribution is 6.28. The van der Waals surface area contributed by atoms with E-state index >= 15 is 0 Å². The van der Waals surface area contributed by atoms with Crippen LogP contribution in [-0.4, -0.2) is 0 Å². The maximum Gasteiger partial charge on any atom is 0.146 e. The van der Waals surface area contributed by atoms with E-state index < -0.39 is 0 Å². The van der Waals surface area contributed by atoms with Gasteiger partial charge >= 0.3 is 0 Å². The molecule has 0 radical (unpaired) electrons. The zero-order valence-corrected chi connectivity index (χ0v) is 46.1. The zero-order valence-electron chi connectivity index (χ0n) is 46.1. The van der Waals surface area contributed by atoms with Crippen molar-refractivity contribution in [2.24, 2.45) is 0 Å². The molecule has 0 N–H and O–H groups in total. The summed E-state index contributed by atoms with van der Waals surface area (Å²) in [7, 11) is 0. The molecule has 0 spiro atoms. The van der Waals surface area contributed by atoms with Gasteiger partial charge in [0.25, 0.3) is 0 Å². The summed E-state index contributed by atoms with van der Waals surface area (Å²) < 4.78 is 7.49. The van der Waals surface area contributed by atoms with E-state index in [1.165, 1.54) is 49.5 Å². The highest BCUT2D eigenvalue weighted by atomic mass is 16.3. The van der Waals surface area contributed by atoms with Gasteiger partial charge in [-0.1, -0.05) is 187 Å². The quantitative estimate of drug-likeness (QED) is 0.134. The third kappa shape index (κ3) is 9.04. The first-order valence-electron chi connectivity index (χ1n) is 27.1. The molecule has 0 atom stereocenters. The summed E-state index contributed by atoms with van der Waals surface area (Å²) in [4.78, 5) is 4.89. The van der Waals surface area contributed by atoms with Gasteiger partial charge in [-0.25, -0.2) is 0 Å². The summed E-state index contributed by atoms with van der Waals surface area (Å²) in [6, 6.07) is 81.2. The number of hydrogen-bond donors (Lipinski definition) is 0. The van der Waals surface area contributed by atoms with Crippen molar-refractivity contribution in [2.45, 2.75) is 80.1 Å². The van der Waals surface area contributed by atoms with Gasteiger partial charge in [-0.2, -0.15) is 0 Å². The second-order valence-corrected chi connectivity index (χ2v) is 23.3. The third-order valence-electron chi connectivity index (χ3n) is 15.4. The Morgan fingerprint density at radius 1 is 0.325 bits per heavy atom. The van der Waals surface area contributed by atoms with Crippen LogP contribution in [0.4, 0.5) is 34.1 Å². The number of aryl methyl sites for hydroxylation is 4. The first kappa shape index (κ1) is 49.2. The molecular formula is C74H66N2O. The van der Waals surface area contributed by atoms with Crippen molar-refractivity contribution in [1.82, 2.24) is 0 Å². The first-order valence-corrected chi connectivity index (χ1v) is 27.1. The maximum atomic E-state index is 7.49. The fourth-order valence-corrected chi connectivity index (χ4v) is 11.9. The molecule has 0 bridgehead atoms. The van der Waals surface area contributed by atoms with Gasteiger partial charge in [0.15, 0.2) is 0 Å². The Labute approximate surface area is 454 Å². The molecule has 12 aromatic rings. The predicted octanol–water partition coefficient (Wildman–Crippen LogP) is 21.7. The van der Waals surface area contributed by atoms with E-state index in [0.29, 0.717) is 0 Å². The minimum atomic E-state index is -0.00199. The minimum Gasteiger partial charge on any atom is -0.455 e. The van der Waals surface area contributed by atoms with Crippen LogP contribution >= 0.6 is 0 Å². The molecule has 11 aromatic carbocycles. The highest BCUT2D eigenvalue weighted by Gasteiger charge is 2.30. The second-order valence-electron chi connectivity index (χ2n) is 23.3. The van der Waals surface area contributed by atoms with Crippen LogP contribution in [0, 0.1) is 27.7 Å². The topological polar surface area (TPSA) is 19.6 Å². The second kappa shape index (κ2) is 19.2. The Morgan fingerprint density at radius 2 is 0.779 bits per heavy atom. The summed E-state index contributed by atoms with van der Waals surface area (Å²) in [6.07, 6.45) is 0. The Bertz CT molecular complexity index is 4150. The molecular weight excluding hydrogens is 933 g/mol. The molecule has 3 heteroatoms. The summed E-state index contributed by atoms with van der Waals surface area (Å²) >= 11 is 0. The maximum absolute atomic E-state index is 7.49. The van der Waals surface area contributed by atoms with Crippen LogP contribution in [0.1, 0.15) is 74.9 Å². The lowest BCUT2D eigenvalue weighted by Crippen LogP contribution is -2.14. The molecule has 12 rings (SSSR count). The van der Waals surface area contributed by atoms with Crippen molar-refractivity contribution in [3.05, 3.63) is 252 Å². The van der Waals surface area contributed by atoms with E-state index in [4.69, 9.17) is 4.42 Å². The Kier molecular flexibility index (Phi) is 12.3. The smallest absolute Gasteiger partial charge is 0.146 e. The van der Waals surface area contributed by atoms with Crippen molar-refractivity contribution in [2.75, 3.05) is 9.80 Å². The Hall–Kier alpha value is -8.66. The van der Waals surface area contributed by atoms with Crippen LogP contribution < -0.4 is 9.80 Å². The average molecular weight is 999 g/mol. The van der Waals surface area contributed by atoms with Gasteiger partial charge in [0.2, 0.25) is 0 Å². The number of benzene rings is 11. The molecule has 0 unspecified atom stereocenters. The molecule has 3 nitrogen and oxygen atoms in total. The van der Waals surface area contributed by atoms with Gasteiger partial charge in [-0.05, 0) is 189 Å². The largest absolute Gasteiger partial charge is 0.455 e. The van der Waals surface area contributed by atoms with Gasteiger partial charge in [0.05, 0.1) is 11.1 Å². The summed E-state index contributed by atoms with van der Waals surface area (Å²) in [5.74, 6) is 0. The lowest BCUT2D eigenvalue weighted by molar-refractivity contribution is 0.590. The van der Waals surface area contributed by atoms with Crippen molar-refractivity contribution in [3.63, 3.8) is 0 Å². The SMILES string of the molecule is Cc1cc(C)cc(N(c2ccc(C(C)(C)C)cc2)c2ccc3c(-c4ccccc4)c(-c4c(-c5ccccc5)cc(N(c5ccc(C(C)(C)C)cc5)c5cc(C)cc(C)c5)c5c4oc4ccccc45)c4ccccc4c3c2)c1. The summed E-state index contributed by atoms with van der Waals surface area (Å²) in [5, 5.41) is 6.80. The van der Waals surface area contributed by atoms with Gasteiger partial charge in [0.1, 0.15) is 11.2 Å². The van der Waals surface area contributed by atoms with E-state index in [-0.39, 0.29) is 10.8 Å². The average Bonchev–Trinajstić information content (AvgIpc) is 3.88. The van der Waals surface area contributed by atoms with Crippen molar-refractivity contribution in [3.8, 4) is 33.4 Å². The van der Waals surface area contributed by atoms with Crippen molar-refractivity contribution >= 4 is 77.6 Å². The molecule has 0 aliphatic carbocycles. The number of furan rings is 1. The molecule has 1 aromatic heterocycles. The lowest BCUT2D eigenvalue weighted by Gasteiger charge is -2.30. The fourth-order valence-electron chi connectivity index (χ4n) is 11.9. The Balaban J connectivity index is 1.21. The molecule has 0 saturated heterocycles. The first-order chi connectivity index (χ1) is 37.1. The molecule has 0 aliphatic heterocycles. The van der Waals surface area contributed by atoms with Crippen LogP contribution in [0.5, 0.6) is 0 Å². The summed E-state index contributed by atoms with van der Waals surface area (Å²) in [5.41, 5.74) is 22.5. The van der Waals surface area contributed by atoms with Crippen LogP contribution in [0.15, 0.2) is 223 Å². The fraction of sp³-hybridized carbons (Fsp3) is 0.162. The molecule has 0 aliphatic rings. The number of nitrogens with zero attached hydrogens (tertiary/aromatic N) is 2. The molecule has 0 amide bonds. The number of hydrogen-bond acceptors (Lipinski definition) is 3. The molecule has 0 fully saturated rings. The number of para-hydroxylation sites is 1. The van der Waals surface area contributed by atoms with Crippen LogP contribution in [0.3, 0.4) is 0 Å². The van der Waals surface area contributed by atoms with E-state index in [1.807, 2.05) is 0 Å². The van der Waals surface area contributed by atoms with Gasteiger partial charge in [-0.3, -0.25) is 0 Å². The molecule has 378 valence electrons. The van der Waals surface area contributed by atoms with E-state index in [2.05, 4.69) is 297 Å². The standard InChI is InChI=1S/C74H66N2O/c1-47-39-48(2)42-58(41-47)75(55-33-29-53(30-34-55)73(5,6)7)57-37-38-62-65(45-57)60-25-17-18-26-61(60)70(68(62)52-23-15-12-16-24-52)71-64(51-21-13-11-14-22-51)46-66(69-63-27-19-20-28-67(63)77-72(69)71)76(59-43-49(3)40-50(4)44-59)56-35-31-54(32-36-56)74(8,9)10/h11-46H,1-10H3. The number of anilines is 6. The van der Waals surface area contributed by atoms with Crippen molar-refractivity contribution in [1.29, 1.82) is 0 Å². The van der Waals surface area contributed by atoms with Crippen LogP contribution in [0.2, 0.25) is 0 Å². The third-order valence-corrected chi connectivity index (χ3v) is 15.4. The summed E-state index contributed by atoms with van der Waals surface area (Å²) in [6.45, 7) is 22.5. The van der Waals surface area contributed by atoms with Gasteiger partial charge in [-0.15, -0.1) is 0 Å². The minimum absolute atomic E-state index is 0.00199. The van der Waals surface area contributed by atoms with Crippen molar-refractivity contribution < 1.29 is 4.42 Å². The number of fused-ring (bicyclic) bond motifs is 6. The predicted molar refractivity (Wildman–Crippen MR) is 331 cm³/mol. The molecule has 1 heterocycles. The number of rotatable bonds is 9. The van der Waals surface area contributed by atoms with E-state index in [1.54, 1.807) is 0 Å². The monoisotopic (exact) mass is 999 g/mol. The Morgan fingerprint density at radius 3 is 1.34 bits per heavy atom. The van der Waals surface area contributed by atoms with Crippen LogP contribution in [0.25, 0.3) is 76.9 Å². The van der Waals surface area contributed by atoms with Gasteiger partial charge < -0.3 is 14.2 Å².